The van der Waals surface area contributed by atoms with Crippen LogP contribution >= 0.6 is 0 Å². The van der Waals surface area contributed by atoms with Gasteiger partial charge in [0.1, 0.15) is 11.5 Å². The van der Waals surface area contributed by atoms with Crippen LogP contribution in [0.4, 0.5) is 0 Å². The normalized spacial score (nSPS) is 18.0. The number of methoxy groups -OCH3 is 1. The van der Waals surface area contributed by atoms with Gasteiger partial charge in [-0.2, -0.15) is 5.10 Å². The lowest BCUT2D eigenvalue weighted by Crippen LogP contribution is -2.45. The molecule has 3 aromatic rings. The van der Waals surface area contributed by atoms with E-state index in [0.717, 1.165) is 42.3 Å². The van der Waals surface area contributed by atoms with Gasteiger partial charge in [-0.15, -0.1) is 5.10 Å². The molecule has 0 radical (unpaired) electrons. The van der Waals surface area contributed by atoms with Gasteiger partial charge in [-0.25, -0.2) is 4.68 Å². The van der Waals surface area contributed by atoms with E-state index in [1.54, 1.807) is 18.1 Å². The molecule has 1 aliphatic heterocycles. The molecule has 0 fully saturated rings. The van der Waals surface area contributed by atoms with Crippen LogP contribution in [0.25, 0.3) is 11.3 Å². The summed E-state index contributed by atoms with van der Waals surface area (Å²) in [6.45, 7) is 2.87. The summed E-state index contributed by atoms with van der Waals surface area (Å²) in [5.41, 5.74) is 2.98. The molecule has 8 heteroatoms. The summed E-state index contributed by atoms with van der Waals surface area (Å²) in [7, 11) is 3.63. The summed E-state index contributed by atoms with van der Waals surface area (Å²) in [6.07, 6.45) is 5.49. The Labute approximate surface area is 139 Å². The van der Waals surface area contributed by atoms with Crippen molar-refractivity contribution in [2.24, 2.45) is 7.05 Å². The van der Waals surface area contributed by atoms with Gasteiger partial charge in [0.05, 0.1) is 43.9 Å². The number of fused-ring (bicyclic) bond motifs is 1. The van der Waals surface area contributed by atoms with Gasteiger partial charge in [0.15, 0.2) is 0 Å². The summed E-state index contributed by atoms with van der Waals surface area (Å²) >= 11 is 0. The Hall–Kier alpha value is -2.45. The van der Waals surface area contributed by atoms with E-state index < -0.39 is 0 Å². The molecule has 24 heavy (non-hydrogen) atoms. The number of furan rings is 1. The molecule has 0 amide bonds. The van der Waals surface area contributed by atoms with Gasteiger partial charge in [-0.1, -0.05) is 5.21 Å². The minimum Gasteiger partial charge on any atom is -0.468 e. The maximum absolute atomic E-state index is 5.52. The number of rotatable bonds is 5. The number of ether oxygens (including phenoxy) is 1. The van der Waals surface area contributed by atoms with Gasteiger partial charge in [-0.05, 0) is 12.1 Å². The Kier molecular flexibility index (Phi) is 3.91. The van der Waals surface area contributed by atoms with Gasteiger partial charge < -0.3 is 9.15 Å². The summed E-state index contributed by atoms with van der Waals surface area (Å²) in [4.78, 5) is 2.35. The van der Waals surface area contributed by atoms with Gasteiger partial charge in [0.2, 0.25) is 0 Å². The zero-order chi connectivity index (χ0) is 16.5. The lowest BCUT2D eigenvalue weighted by molar-refractivity contribution is 0.0461. The molecule has 0 N–H and O–H groups in total. The zero-order valence-corrected chi connectivity index (χ0v) is 13.8. The fraction of sp³-hybridized carbons (Fsp3) is 0.438. The second-order valence-electron chi connectivity index (χ2n) is 6.06. The molecular formula is C16H20N6O2. The van der Waals surface area contributed by atoms with Gasteiger partial charge in [0.25, 0.3) is 0 Å². The van der Waals surface area contributed by atoms with E-state index in [2.05, 4.69) is 20.3 Å². The Bertz CT molecular complexity index is 807. The van der Waals surface area contributed by atoms with Crippen molar-refractivity contribution in [2.75, 3.05) is 13.7 Å². The van der Waals surface area contributed by atoms with E-state index in [9.17, 15) is 0 Å². The van der Waals surface area contributed by atoms with E-state index in [1.807, 2.05) is 36.3 Å². The van der Waals surface area contributed by atoms with Crippen LogP contribution in [0.1, 0.15) is 11.5 Å². The summed E-state index contributed by atoms with van der Waals surface area (Å²) in [6, 6.07) is 4.14. The van der Waals surface area contributed by atoms with Crippen molar-refractivity contribution in [3.8, 4) is 11.3 Å². The first kappa shape index (κ1) is 15.1. The highest BCUT2D eigenvalue weighted by atomic mass is 16.5. The average Bonchev–Trinajstić information content (AvgIpc) is 3.29. The van der Waals surface area contributed by atoms with Crippen LogP contribution < -0.4 is 0 Å². The Morgan fingerprint density at radius 3 is 3.04 bits per heavy atom. The molecule has 0 unspecified atom stereocenters. The third kappa shape index (κ3) is 2.74. The van der Waals surface area contributed by atoms with Crippen molar-refractivity contribution >= 4 is 0 Å². The van der Waals surface area contributed by atoms with Crippen LogP contribution in [0.2, 0.25) is 0 Å². The smallest absolute Gasteiger partial charge is 0.120 e. The lowest BCUT2D eigenvalue weighted by atomic mass is 10.1. The SMILES string of the molecule is COC[C@@H]1Cn2nnc(-c3cnn(C)c3)c2CN1Cc1ccco1. The van der Waals surface area contributed by atoms with Crippen LogP contribution in [0.15, 0.2) is 35.2 Å². The molecule has 8 nitrogen and oxygen atoms in total. The van der Waals surface area contributed by atoms with Gasteiger partial charge in [0, 0.05) is 32.5 Å². The minimum absolute atomic E-state index is 0.232. The van der Waals surface area contributed by atoms with Crippen molar-refractivity contribution in [3.05, 3.63) is 42.2 Å². The molecule has 0 spiro atoms. The fourth-order valence-corrected chi connectivity index (χ4v) is 3.18. The van der Waals surface area contributed by atoms with Gasteiger partial charge >= 0.3 is 0 Å². The largest absolute Gasteiger partial charge is 0.468 e. The molecule has 1 aliphatic rings. The van der Waals surface area contributed by atoms with E-state index >= 15 is 0 Å². The maximum Gasteiger partial charge on any atom is 0.120 e. The first-order chi connectivity index (χ1) is 11.7. The highest BCUT2D eigenvalue weighted by molar-refractivity contribution is 5.59. The number of hydrogen-bond donors (Lipinski definition) is 0. The molecule has 0 saturated heterocycles. The van der Waals surface area contributed by atoms with Crippen LogP contribution in [0.3, 0.4) is 0 Å². The number of aromatic nitrogens is 5. The zero-order valence-electron chi connectivity index (χ0n) is 13.8. The van der Waals surface area contributed by atoms with Crippen molar-refractivity contribution in [1.29, 1.82) is 0 Å². The Balaban J connectivity index is 1.64. The quantitative estimate of drug-likeness (QED) is 0.703. The predicted octanol–water partition coefficient (Wildman–Crippen LogP) is 1.30. The molecule has 0 bridgehead atoms. The number of hydrogen-bond acceptors (Lipinski definition) is 6. The summed E-state index contributed by atoms with van der Waals surface area (Å²) in [5, 5.41) is 12.9. The third-order valence-corrected chi connectivity index (χ3v) is 4.37. The molecule has 1 atom stereocenters. The van der Waals surface area contributed by atoms with Crippen molar-refractivity contribution in [1.82, 2.24) is 29.7 Å². The molecule has 4 heterocycles. The number of nitrogens with zero attached hydrogens (tertiary/aromatic N) is 6. The molecule has 126 valence electrons. The summed E-state index contributed by atoms with van der Waals surface area (Å²) in [5.74, 6) is 0.944. The average molecular weight is 328 g/mol. The van der Waals surface area contributed by atoms with E-state index in [4.69, 9.17) is 9.15 Å². The number of aryl methyl sites for hydroxylation is 1. The lowest BCUT2D eigenvalue weighted by Gasteiger charge is -2.34. The standard InChI is InChI=1S/C16H20N6O2/c1-20-7-12(6-17-20)16-15-10-21(9-14-4-3-5-24-14)13(11-23-2)8-22(15)19-18-16/h3-7,13H,8-11H2,1-2H3/t13-/m0/s1. The van der Waals surface area contributed by atoms with Crippen LogP contribution in [-0.4, -0.2) is 49.4 Å². The Morgan fingerprint density at radius 2 is 2.33 bits per heavy atom. The monoisotopic (exact) mass is 328 g/mol. The third-order valence-electron chi connectivity index (χ3n) is 4.37. The molecule has 0 saturated carbocycles. The minimum atomic E-state index is 0.232. The van der Waals surface area contributed by atoms with E-state index in [1.165, 1.54) is 0 Å². The predicted molar refractivity (Wildman–Crippen MR) is 85.8 cm³/mol. The molecular weight excluding hydrogens is 308 g/mol. The second kappa shape index (κ2) is 6.21. The van der Waals surface area contributed by atoms with E-state index in [-0.39, 0.29) is 6.04 Å². The first-order valence-electron chi connectivity index (χ1n) is 7.91. The van der Waals surface area contributed by atoms with Crippen molar-refractivity contribution < 1.29 is 9.15 Å². The van der Waals surface area contributed by atoms with Crippen LogP contribution in [0.5, 0.6) is 0 Å². The maximum atomic E-state index is 5.52. The van der Waals surface area contributed by atoms with Crippen LogP contribution in [0, 0.1) is 0 Å². The topological polar surface area (TPSA) is 74.1 Å². The van der Waals surface area contributed by atoms with Crippen molar-refractivity contribution in [3.63, 3.8) is 0 Å². The fourth-order valence-electron chi connectivity index (χ4n) is 3.18. The van der Waals surface area contributed by atoms with Crippen LogP contribution in [-0.2, 0) is 31.4 Å². The van der Waals surface area contributed by atoms with Crippen molar-refractivity contribution in [2.45, 2.75) is 25.7 Å². The second-order valence-corrected chi connectivity index (χ2v) is 6.06. The molecule has 4 rings (SSSR count). The highest BCUT2D eigenvalue weighted by Crippen LogP contribution is 2.27. The molecule has 0 aliphatic carbocycles. The molecule has 3 aromatic heterocycles. The Morgan fingerprint density at radius 1 is 1.42 bits per heavy atom. The summed E-state index contributed by atoms with van der Waals surface area (Å²) < 4.78 is 14.7. The van der Waals surface area contributed by atoms with Gasteiger partial charge in [-0.3, -0.25) is 9.58 Å². The van der Waals surface area contributed by atoms with E-state index in [0.29, 0.717) is 6.61 Å². The first-order valence-corrected chi connectivity index (χ1v) is 7.91. The highest BCUT2D eigenvalue weighted by Gasteiger charge is 2.30. The molecule has 0 aromatic carbocycles.